The molecule has 0 aliphatic heterocycles. The molecular formula is C30H35ClFN3O5S. The molecule has 220 valence electrons. The fourth-order valence-electron chi connectivity index (χ4n) is 4.23. The van der Waals surface area contributed by atoms with Gasteiger partial charge in [-0.2, -0.15) is 0 Å². The van der Waals surface area contributed by atoms with Crippen molar-refractivity contribution in [2.24, 2.45) is 0 Å². The number of rotatable bonds is 11. The molecule has 0 fully saturated rings. The molecule has 0 unspecified atom stereocenters. The van der Waals surface area contributed by atoms with E-state index in [-0.39, 0.29) is 34.5 Å². The van der Waals surface area contributed by atoms with Gasteiger partial charge in [0.15, 0.2) is 0 Å². The third kappa shape index (κ3) is 8.20. The van der Waals surface area contributed by atoms with Gasteiger partial charge in [-0.15, -0.1) is 0 Å². The number of hydrogen-bond acceptors (Lipinski definition) is 5. The summed E-state index contributed by atoms with van der Waals surface area (Å²) in [6, 6.07) is 17.2. The van der Waals surface area contributed by atoms with Crippen LogP contribution in [0.5, 0.6) is 5.75 Å². The van der Waals surface area contributed by atoms with E-state index in [2.05, 4.69) is 5.32 Å². The maximum absolute atomic E-state index is 14.1. The van der Waals surface area contributed by atoms with Crippen molar-refractivity contribution in [1.82, 2.24) is 10.2 Å². The second kappa shape index (κ2) is 13.4. The van der Waals surface area contributed by atoms with Crippen molar-refractivity contribution in [2.45, 2.75) is 57.1 Å². The number of halogens is 2. The Bertz CT molecular complexity index is 1480. The second-order valence-electron chi connectivity index (χ2n) is 10.5. The first-order valence-corrected chi connectivity index (χ1v) is 14.9. The third-order valence-electron chi connectivity index (χ3n) is 6.17. The number of benzene rings is 3. The molecule has 11 heteroatoms. The summed E-state index contributed by atoms with van der Waals surface area (Å²) in [6.45, 7) is 6.61. The SMILES string of the molecule is CC[C@H](C(=O)NC(C)(C)C)N(Cc1cccc(OC)c1)C(=O)CN(c1ccc(F)c(Cl)c1)S(=O)(=O)c1ccccc1. The summed E-state index contributed by atoms with van der Waals surface area (Å²) in [4.78, 5) is 28.8. The topological polar surface area (TPSA) is 96.0 Å². The van der Waals surface area contributed by atoms with Crippen LogP contribution in [0.2, 0.25) is 5.02 Å². The highest BCUT2D eigenvalue weighted by molar-refractivity contribution is 7.92. The first kappa shape index (κ1) is 31.9. The number of amides is 2. The number of nitrogens with one attached hydrogen (secondary N) is 1. The van der Waals surface area contributed by atoms with E-state index in [1.165, 1.54) is 30.2 Å². The van der Waals surface area contributed by atoms with Gasteiger partial charge in [-0.1, -0.05) is 48.9 Å². The molecule has 3 aromatic carbocycles. The van der Waals surface area contributed by atoms with Crippen molar-refractivity contribution < 1.29 is 27.1 Å². The van der Waals surface area contributed by atoms with Crippen LogP contribution in [0.3, 0.4) is 0 Å². The first-order valence-electron chi connectivity index (χ1n) is 13.0. The van der Waals surface area contributed by atoms with Crippen molar-refractivity contribution in [3.05, 3.63) is 89.2 Å². The van der Waals surface area contributed by atoms with Crippen LogP contribution in [0.15, 0.2) is 77.7 Å². The van der Waals surface area contributed by atoms with Gasteiger partial charge >= 0.3 is 0 Å². The normalized spacial score (nSPS) is 12.4. The lowest BCUT2D eigenvalue weighted by molar-refractivity contribution is -0.141. The molecule has 0 spiro atoms. The Labute approximate surface area is 246 Å². The van der Waals surface area contributed by atoms with Crippen molar-refractivity contribution in [3.8, 4) is 5.75 Å². The number of ether oxygens (including phenoxy) is 1. The molecule has 0 heterocycles. The zero-order chi connectivity index (χ0) is 30.4. The molecule has 0 aromatic heterocycles. The Balaban J connectivity index is 2.09. The van der Waals surface area contributed by atoms with E-state index in [9.17, 15) is 22.4 Å². The van der Waals surface area contributed by atoms with E-state index in [1.54, 1.807) is 49.4 Å². The highest BCUT2D eigenvalue weighted by Gasteiger charge is 2.34. The van der Waals surface area contributed by atoms with Gasteiger partial charge in [0.25, 0.3) is 10.0 Å². The Morgan fingerprint density at radius 3 is 2.29 bits per heavy atom. The summed E-state index contributed by atoms with van der Waals surface area (Å²) < 4.78 is 47.8. The van der Waals surface area contributed by atoms with Gasteiger partial charge in [0.05, 0.1) is 22.7 Å². The van der Waals surface area contributed by atoms with Crippen LogP contribution < -0.4 is 14.4 Å². The van der Waals surface area contributed by atoms with Gasteiger partial charge in [0.1, 0.15) is 24.2 Å². The lowest BCUT2D eigenvalue weighted by Gasteiger charge is -2.34. The molecule has 1 N–H and O–H groups in total. The molecule has 3 rings (SSSR count). The average Bonchev–Trinajstić information content (AvgIpc) is 2.92. The lowest BCUT2D eigenvalue weighted by Crippen LogP contribution is -2.55. The van der Waals surface area contributed by atoms with Crippen molar-refractivity contribution in [2.75, 3.05) is 18.0 Å². The molecule has 0 saturated heterocycles. The van der Waals surface area contributed by atoms with Crippen LogP contribution in [-0.2, 0) is 26.2 Å². The highest BCUT2D eigenvalue weighted by atomic mass is 35.5. The Hall–Kier alpha value is -3.63. The van der Waals surface area contributed by atoms with Gasteiger partial charge < -0.3 is 15.0 Å². The average molecular weight is 604 g/mol. The summed E-state index contributed by atoms with van der Waals surface area (Å²) in [5, 5.41) is 2.62. The zero-order valence-corrected chi connectivity index (χ0v) is 25.3. The van der Waals surface area contributed by atoms with Gasteiger partial charge in [0, 0.05) is 12.1 Å². The van der Waals surface area contributed by atoms with Gasteiger partial charge in [-0.3, -0.25) is 13.9 Å². The minimum Gasteiger partial charge on any atom is -0.497 e. The van der Waals surface area contributed by atoms with Crippen molar-refractivity contribution in [3.63, 3.8) is 0 Å². The quantitative estimate of drug-likeness (QED) is 0.316. The molecule has 41 heavy (non-hydrogen) atoms. The molecule has 8 nitrogen and oxygen atoms in total. The number of nitrogens with zero attached hydrogens (tertiary/aromatic N) is 2. The number of methoxy groups -OCH3 is 1. The predicted octanol–water partition coefficient (Wildman–Crippen LogP) is 5.41. The van der Waals surface area contributed by atoms with E-state index < -0.39 is 39.9 Å². The van der Waals surface area contributed by atoms with E-state index in [0.29, 0.717) is 11.3 Å². The monoisotopic (exact) mass is 603 g/mol. The van der Waals surface area contributed by atoms with Crippen LogP contribution >= 0.6 is 11.6 Å². The van der Waals surface area contributed by atoms with E-state index in [1.807, 2.05) is 20.8 Å². The largest absolute Gasteiger partial charge is 0.497 e. The Kier molecular flexibility index (Phi) is 10.4. The summed E-state index contributed by atoms with van der Waals surface area (Å²) in [5.74, 6) is -1.18. The number of carbonyl (C=O) groups is 2. The molecule has 0 aliphatic rings. The number of carbonyl (C=O) groups excluding carboxylic acids is 2. The first-order chi connectivity index (χ1) is 19.3. The molecule has 3 aromatic rings. The summed E-state index contributed by atoms with van der Waals surface area (Å²) in [6.07, 6.45) is 0.269. The smallest absolute Gasteiger partial charge is 0.264 e. The van der Waals surface area contributed by atoms with Gasteiger partial charge in [-0.05, 0) is 75.2 Å². The highest BCUT2D eigenvalue weighted by Crippen LogP contribution is 2.28. The van der Waals surface area contributed by atoms with Gasteiger partial charge in [-0.25, -0.2) is 12.8 Å². The third-order valence-corrected chi connectivity index (χ3v) is 8.25. The van der Waals surface area contributed by atoms with Gasteiger partial charge in [0.2, 0.25) is 11.8 Å². The maximum Gasteiger partial charge on any atom is 0.264 e. The zero-order valence-electron chi connectivity index (χ0n) is 23.7. The second-order valence-corrected chi connectivity index (χ2v) is 12.7. The van der Waals surface area contributed by atoms with Crippen molar-refractivity contribution in [1.29, 1.82) is 0 Å². The Morgan fingerprint density at radius 1 is 1.02 bits per heavy atom. The lowest BCUT2D eigenvalue weighted by atomic mass is 10.1. The van der Waals surface area contributed by atoms with Crippen LogP contribution in [-0.4, -0.2) is 50.4 Å². The van der Waals surface area contributed by atoms with E-state index >= 15 is 0 Å². The predicted molar refractivity (Wildman–Crippen MR) is 158 cm³/mol. The minimum atomic E-state index is -4.29. The molecule has 1 atom stereocenters. The van der Waals surface area contributed by atoms with E-state index in [0.717, 1.165) is 16.4 Å². The number of anilines is 1. The summed E-state index contributed by atoms with van der Waals surface area (Å²) in [5.41, 5.74) is 0.118. The van der Waals surface area contributed by atoms with Crippen molar-refractivity contribution >= 4 is 39.1 Å². The molecule has 0 radical (unpaired) electrons. The summed E-state index contributed by atoms with van der Waals surface area (Å²) in [7, 11) is -2.77. The van der Waals surface area contributed by atoms with Crippen LogP contribution in [0, 0.1) is 5.82 Å². The van der Waals surface area contributed by atoms with Crippen LogP contribution in [0.25, 0.3) is 0 Å². The molecule has 0 saturated carbocycles. The minimum absolute atomic E-state index is 0.00197. The maximum atomic E-state index is 14.1. The summed E-state index contributed by atoms with van der Waals surface area (Å²) >= 11 is 6.01. The van der Waals surface area contributed by atoms with Crippen LogP contribution in [0.4, 0.5) is 10.1 Å². The molecular weight excluding hydrogens is 569 g/mol. The molecule has 0 aliphatic carbocycles. The van der Waals surface area contributed by atoms with Crippen LogP contribution in [0.1, 0.15) is 39.7 Å². The molecule has 0 bridgehead atoms. The van der Waals surface area contributed by atoms with E-state index in [4.69, 9.17) is 16.3 Å². The fraction of sp³-hybridized carbons (Fsp3) is 0.333. The Morgan fingerprint density at radius 2 is 1.71 bits per heavy atom. The fourth-order valence-corrected chi connectivity index (χ4v) is 5.83. The number of sulfonamides is 1. The standard InChI is InChI=1S/C30H35ClFN3O5S/c1-6-27(29(37)33-30(2,3)4)34(19-21-11-10-12-23(17-21)40-5)28(36)20-35(22-15-16-26(32)25(31)18-22)41(38,39)24-13-8-7-9-14-24/h7-18,27H,6,19-20H2,1-5H3,(H,33,37)/t27-/m1/s1. The number of hydrogen-bond donors (Lipinski definition) is 1. The molecule has 2 amide bonds.